The number of methoxy groups -OCH3 is 1. The van der Waals surface area contributed by atoms with Crippen molar-refractivity contribution in [3.8, 4) is 5.75 Å². The Kier molecular flexibility index (Phi) is 2.28. The quantitative estimate of drug-likeness (QED) is 0.662. The lowest BCUT2D eigenvalue weighted by molar-refractivity contribution is 0.101. The van der Waals surface area contributed by atoms with E-state index in [1.54, 1.807) is 6.07 Å². The lowest BCUT2D eigenvalue weighted by atomic mass is 10.1. The first-order chi connectivity index (χ1) is 5.66. The minimum absolute atomic E-state index is 0.141. The largest absolute Gasteiger partial charge is 0.496 e. The molecule has 0 radical (unpaired) electrons. The van der Waals surface area contributed by atoms with Gasteiger partial charge in [-0.3, -0.25) is 4.79 Å². The standard InChI is InChI=1S/C8H10N2O2/c1-5(11)7-6(12-2)3-4-10-8(7)9/h3-4H,1-2H3,(H2,9,10). The average Bonchev–Trinajstić information content (AvgIpc) is 2.03. The van der Waals surface area contributed by atoms with Crippen molar-refractivity contribution in [3.63, 3.8) is 0 Å². The van der Waals surface area contributed by atoms with Crippen LogP contribution in [-0.4, -0.2) is 17.9 Å². The van der Waals surface area contributed by atoms with Crippen LogP contribution in [0.3, 0.4) is 0 Å². The Morgan fingerprint density at radius 1 is 1.67 bits per heavy atom. The van der Waals surface area contributed by atoms with Crippen LogP contribution in [0.2, 0.25) is 0 Å². The molecule has 0 spiro atoms. The van der Waals surface area contributed by atoms with Gasteiger partial charge in [-0.15, -0.1) is 0 Å². The van der Waals surface area contributed by atoms with Crippen LogP contribution in [0.25, 0.3) is 0 Å². The minimum Gasteiger partial charge on any atom is -0.496 e. The van der Waals surface area contributed by atoms with Crippen LogP contribution in [0.5, 0.6) is 5.75 Å². The molecule has 0 atom stereocenters. The summed E-state index contributed by atoms with van der Waals surface area (Å²) in [6, 6.07) is 1.60. The Hall–Kier alpha value is -1.58. The van der Waals surface area contributed by atoms with Crippen molar-refractivity contribution in [2.45, 2.75) is 6.92 Å². The van der Waals surface area contributed by atoms with Crippen molar-refractivity contribution in [1.82, 2.24) is 4.98 Å². The highest BCUT2D eigenvalue weighted by molar-refractivity contribution is 6.00. The van der Waals surface area contributed by atoms with Gasteiger partial charge in [-0.2, -0.15) is 0 Å². The number of ether oxygens (including phenoxy) is 1. The summed E-state index contributed by atoms with van der Waals surface area (Å²) in [5.74, 6) is 0.536. The summed E-state index contributed by atoms with van der Waals surface area (Å²) in [4.78, 5) is 14.8. The molecule has 4 nitrogen and oxygen atoms in total. The summed E-state index contributed by atoms with van der Waals surface area (Å²) in [5.41, 5.74) is 5.83. The number of rotatable bonds is 2. The fraction of sp³-hybridized carbons (Fsp3) is 0.250. The molecule has 0 aliphatic rings. The molecule has 2 N–H and O–H groups in total. The van der Waals surface area contributed by atoms with Gasteiger partial charge in [0.15, 0.2) is 5.78 Å². The number of carbonyl (C=O) groups is 1. The first-order valence-corrected chi connectivity index (χ1v) is 3.46. The number of hydrogen-bond acceptors (Lipinski definition) is 4. The van der Waals surface area contributed by atoms with Gasteiger partial charge in [-0.25, -0.2) is 4.98 Å². The summed E-state index contributed by atoms with van der Waals surface area (Å²) >= 11 is 0. The fourth-order valence-corrected chi connectivity index (χ4v) is 0.983. The normalized spacial score (nSPS) is 9.50. The van der Waals surface area contributed by atoms with Gasteiger partial charge in [-0.1, -0.05) is 0 Å². The first-order valence-electron chi connectivity index (χ1n) is 3.46. The number of hydrogen-bond donors (Lipinski definition) is 1. The Bertz CT molecular complexity index is 310. The van der Waals surface area contributed by atoms with Gasteiger partial charge in [0.25, 0.3) is 0 Å². The monoisotopic (exact) mass is 166 g/mol. The van der Waals surface area contributed by atoms with E-state index in [0.717, 1.165) is 0 Å². The average molecular weight is 166 g/mol. The lowest BCUT2D eigenvalue weighted by Crippen LogP contribution is -2.04. The molecule has 1 rings (SSSR count). The zero-order valence-corrected chi connectivity index (χ0v) is 7.00. The van der Waals surface area contributed by atoms with Crippen molar-refractivity contribution >= 4 is 11.6 Å². The van der Waals surface area contributed by atoms with Crippen LogP contribution >= 0.6 is 0 Å². The molecule has 64 valence electrons. The van der Waals surface area contributed by atoms with E-state index in [0.29, 0.717) is 11.3 Å². The second kappa shape index (κ2) is 3.21. The van der Waals surface area contributed by atoms with Crippen LogP contribution in [0.1, 0.15) is 17.3 Å². The van der Waals surface area contributed by atoms with E-state index < -0.39 is 0 Å². The molecule has 4 heteroatoms. The molecule has 1 heterocycles. The van der Waals surface area contributed by atoms with E-state index in [2.05, 4.69) is 4.98 Å². The highest BCUT2D eigenvalue weighted by Crippen LogP contribution is 2.21. The molecule has 0 aliphatic heterocycles. The number of Topliss-reactive ketones (excluding diaryl/α,β-unsaturated/α-hetero) is 1. The lowest BCUT2D eigenvalue weighted by Gasteiger charge is -2.06. The number of nitrogens with zero attached hydrogens (tertiary/aromatic N) is 1. The third kappa shape index (κ3) is 1.37. The van der Waals surface area contributed by atoms with E-state index >= 15 is 0 Å². The van der Waals surface area contributed by atoms with Gasteiger partial charge in [0.1, 0.15) is 17.1 Å². The molecule has 0 fully saturated rings. The highest BCUT2D eigenvalue weighted by Gasteiger charge is 2.11. The minimum atomic E-state index is -0.141. The molecule has 0 bridgehead atoms. The number of nitrogens with two attached hydrogens (primary N) is 1. The van der Waals surface area contributed by atoms with Gasteiger partial charge in [0, 0.05) is 6.20 Å². The van der Waals surface area contributed by atoms with E-state index in [1.807, 2.05) is 0 Å². The van der Waals surface area contributed by atoms with Crippen LogP contribution < -0.4 is 10.5 Å². The van der Waals surface area contributed by atoms with E-state index in [9.17, 15) is 4.79 Å². The first kappa shape index (κ1) is 8.52. The van der Waals surface area contributed by atoms with E-state index in [4.69, 9.17) is 10.5 Å². The van der Waals surface area contributed by atoms with Gasteiger partial charge in [0.2, 0.25) is 0 Å². The molecule has 0 saturated carbocycles. The SMILES string of the molecule is COc1ccnc(N)c1C(C)=O. The Morgan fingerprint density at radius 3 is 2.75 bits per heavy atom. The van der Waals surface area contributed by atoms with Crippen molar-refractivity contribution in [2.75, 3.05) is 12.8 Å². The zero-order valence-electron chi connectivity index (χ0n) is 7.00. The smallest absolute Gasteiger partial charge is 0.167 e. The Balaban J connectivity index is 3.29. The molecular weight excluding hydrogens is 156 g/mol. The van der Waals surface area contributed by atoms with Gasteiger partial charge >= 0.3 is 0 Å². The molecule has 0 unspecified atom stereocenters. The van der Waals surface area contributed by atoms with E-state index in [1.165, 1.54) is 20.2 Å². The van der Waals surface area contributed by atoms with Crippen LogP contribution in [0.4, 0.5) is 5.82 Å². The van der Waals surface area contributed by atoms with Crippen molar-refractivity contribution < 1.29 is 9.53 Å². The van der Waals surface area contributed by atoms with Crippen molar-refractivity contribution in [3.05, 3.63) is 17.8 Å². The molecule has 1 aromatic rings. The topological polar surface area (TPSA) is 65.2 Å². The maximum absolute atomic E-state index is 11.0. The summed E-state index contributed by atoms with van der Waals surface area (Å²) in [7, 11) is 1.49. The molecule has 0 amide bonds. The second-order valence-electron chi connectivity index (χ2n) is 2.33. The second-order valence-corrected chi connectivity index (χ2v) is 2.33. The number of ketones is 1. The van der Waals surface area contributed by atoms with Crippen molar-refractivity contribution in [2.24, 2.45) is 0 Å². The zero-order chi connectivity index (χ0) is 9.14. The number of nitrogen functional groups attached to an aromatic ring is 1. The summed E-state index contributed by atoms with van der Waals surface area (Å²) < 4.78 is 4.95. The molecule has 12 heavy (non-hydrogen) atoms. The van der Waals surface area contributed by atoms with Gasteiger partial charge < -0.3 is 10.5 Å². The molecule has 0 saturated heterocycles. The highest BCUT2D eigenvalue weighted by atomic mass is 16.5. The maximum Gasteiger partial charge on any atom is 0.167 e. The summed E-state index contributed by atoms with van der Waals surface area (Å²) in [6.07, 6.45) is 1.50. The molecular formula is C8H10N2O2. The fourth-order valence-electron chi connectivity index (χ4n) is 0.983. The third-order valence-electron chi connectivity index (χ3n) is 1.51. The van der Waals surface area contributed by atoms with Crippen molar-refractivity contribution in [1.29, 1.82) is 0 Å². The Labute approximate surface area is 70.4 Å². The predicted octanol–water partition coefficient (Wildman–Crippen LogP) is 0.875. The third-order valence-corrected chi connectivity index (χ3v) is 1.51. The Morgan fingerprint density at radius 2 is 2.33 bits per heavy atom. The number of aromatic nitrogens is 1. The number of anilines is 1. The van der Waals surface area contributed by atoms with Crippen LogP contribution in [0, 0.1) is 0 Å². The van der Waals surface area contributed by atoms with Crippen LogP contribution in [0.15, 0.2) is 12.3 Å². The summed E-state index contributed by atoms with van der Waals surface area (Å²) in [6.45, 7) is 1.43. The van der Waals surface area contributed by atoms with Gasteiger partial charge in [-0.05, 0) is 13.0 Å². The van der Waals surface area contributed by atoms with Gasteiger partial charge in [0.05, 0.1) is 7.11 Å². The van der Waals surface area contributed by atoms with E-state index in [-0.39, 0.29) is 11.6 Å². The van der Waals surface area contributed by atoms with Crippen LogP contribution in [-0.2, 0) is 0 Å². The molecule has 1 aromatic heterocycles. The predicted molar refractivity (Wildman–Crippen MR) is 45.2 cm³/mol. The molecule has 0 aromatic carbocycles. The molecule has 0 aliphatic carbocycles. The maximum atomic E-state index is 11.0. The number of carbonyl (C=O) groups excluding carboxylic acids is 1. The number of pyridine rings is 1. The summed E-state index contributed by atoms with van der Waals surface area (Å²) in [5, 5.41) is 0.